The Morgan fingerprint density at radius 1 is 1.38 bits per heavy atom. The number of aryl methyl sites for hydroxylation is 3. The van der Waals surface area contributed by atoms with Crippen LogP contribution in [0.1, 0.15) is 44.7 Å². The SMILES string of the molecule is Cc1cc(C[C@@H]2COC[C@@H]2NC(=O)c2nc3c(s2)CCCC3)on1. The number of nitrogens with one attached hydrogen (secondary N) is 1. The molecule has 1 aliphatic carbocycles. The van der Waals surface area contributed by atoms with Crippen LogP contribution in [-0.4, -0.2) is 35.3 Å². The number of hydrogen-bond donors (Lipinski definition) is 1. The molecule has 128 valence electrons. The number of rotatable bonds is 4. The number of aromatic nitrogens is 2. The van der Waals surface area contributed by atoms with Gasteiger partial charge in [-0.2, -0.15) is 0 Å². The lowest BCUT2D eigenvalue weighted by atomic mass is 9.98. The van der Waals surface area contributed by atoms with Crippen LogP contribution in [0.4, 0.5) is 0 Å². The second-order valence-electron chi connectivity index (χ2n) is 6.61. The molecule has 6 nitrogen and oxygen atoms in total. The predicted octanol–water partition coefficient (Wildman–Crippen LogP) is 2.31. The predicted molar refractivity (Wildman–Crippen MR) is 89.3 cm³/mol. The fourth-order valence-electron chi connectivity index (χ4n) is 3.41. The van der Waals surface area contributed by atoms with E-state index in [0.29, 0.717) is 18.2 Å². The zero-order valence-electron chi connectivity index (χ0n) is 13.7. The van der Waals surface area contributed by atoms with Crippen molar-refractivity contribution in [2.24, 2.45) is 5.92 Å². The molecule has 1 fully saturated rings. The summed E-state index contributed by atoms with van der Waals surface area (Å²) >= 11 is 1.54. The van der Waals surface area contributed by atoms with Crippen LogP contribution in [0.15, 0.2) is 10.6 Å². The smallest absolute Gasteiger partial charge is 0.280 e. The number of carbonyl (C=O) groups is 1. The van der Waals surface area contributed by atoms with Crippen molar-refractivity contribution in [1.82, 2.24) is 15.5 Å². The summed E-state index contributed by atoms with van der Waals surface area (Å²) in [5.41, 5.74) is 1.99. The molecule has 2 aromatic rings. The molecule has 0 radical (unpaired) electrons. The zero-order valence-corrected chi connectivity index (χ0v) is 14.5. The molecule has 2 aromatic heterocycles. The number of amides is 1. The third kappa shape index (κ3) is 3.23. The Morgan fingerprint density at radius 3 is 3.04 bits per heavy atom. The maximum Gasteiger partial charge on any atom is 0.280 e. The highest BCUT2D eigenvalue weighted by Gasteiger charge is 2.32. The number of thiazole rings is 1. The molecule has 0 bridgehead atoms. The van der Waals surface area contributed by atoms with Gasteiger partial charge in [0.2, 0.25) is 0 Å². The normalized spacial score (nSPS) is 23.2. The van der Waals surface area contributed by atoms with E-state index in [0.717, 1.165) is 36.4 Å². The number of carbonyl (C=O) groups excluding carboxylic acids is 1. The summed E-state index contributed by atoms with van der Waals surface area (Å²) in [6.45, 7) is 3.06. The van der Waals surface area contributed by atoms with Gasteiger partial charge in [-0.1, -0.05) is 5.16 Å². The van der Waals surface area contributed by atoms with Gasteiger partial charge in [0.25, 0.3) is 5.91 Å². The molecule has 7 heteroatoms. The van der Waals surface area contributed by atoms with Gasteiger partial charge in [-0.15, -0.1) is 11.3 Å². The monoisotopic (exact) mass is 347 g/mol. The molecule has 1 N–H and O–H groups in total. The molecule has 0 aromatic carbocycles. The van der Waals surface area contributed by atoms with Crippen LogP contribution in [0.2, 0.25) is 0 Å². The molecular formula is C17H21N3O3S. The molecule has 4 rings (SSSR count). The fraction of sp³-hybridized carbons (Fsp3) is 0.588. The summed E-state index contributed by atoms with van der Waals surface area (Å²) in [6.07, 6.45) is 5.15. The van der Waals surface area contributed by atoms with Gasteiger partial charge in [0.15, 0.2) is 5.01 Å². The molecule has 3 heterocycles. The summed E-state index contributed by atoms with van der Waals surface area (Å²) in [4.78, 5) is 18.4. The van der Waals surface area contributed by atoms with Crippen molar-refractivity contribution in [2.45, 2.75) is 45.1 Å². The number of nitrogens with zero attached hydrogens (tertiary/aromatic N) is 2. The first-order chi connectivity index (χ1) is 11.7. The summed E-state index contributed by atoms with van der Waals surface area (Å²) in [5, 5.41) is 7.61. The molecule has 24 heavy (non-hydrogen) atoms. The highest BCUT2D eigenvalue weighted by Crippen LogP contribution is 2.27. The van der Waals surface area contributed by atoms with Crippen molar-refractivity contribution in [3.63, 3.8) is 0 Å². The molecule has 0 spiro atoms. The maximum absolute atomic E-state index is 12.6. The van der Waals surface area contributed by atoms with Crippen molar-refractivity contribution in [3.05, 3.63) is 33.1 Å². The van der Waals surface area contributed by atoms with Crippen LogP contribution in [-0.2, 0) is 24.0 Å². The van der Waals surface area contributed by atoms with Crippen LogP contribution in [0, 0.1) is 12.8 Å². The lowest BCUT2D eigenvalue weighted by Gasteiger charge is -2.17. The van der Waals surface area contributed by atoms with Gasteiger partial charge in [0, 0.05) is 23.3 Å². The van der Waals surface area contributed by atoms with Gasteiger partial charge in [-0.3, -0.25) is 4.79 Å². The molecule has 2 aliphatic rings. The lowest BCUT2D eigenvalue weighted by molar-refractivity contribution is 0.0924. The van der Waals surface area contributed by atoms with E-state index >= 15 is 0 Å². The average Bonchev–Trinajstić information content (AvgIpc) is 3.28. The van der Waals surface area contributed by atoms with E-state index < -0.39 is 0 Å². The van der Waals surface area contributed by atoms with E-state index in [1.807, 2.05) is 13.0 Å². The van der Waals surface area contributed by atoms with E-state index in [1.165, 1.54) is 17.7 Å². The minimum Gasteiger partial charge on any atom is -0.379 e. The van der Waals surface area contributed by atoms with Crippen LogP contribution in [0.25, 0.3) is 0 Å². The second kappa shape index (κ2) is 6.64. The Hall–Kier alpha value is -1.73. The van der Waals surface area contributed by atoms with Gasteiger partial charge < -0.3 is 14.6 Å². The van der Waals surface area contributed by atoms with Gasteiger partial charge in [-0.05, 0) is 32.6 Å². The Kier molecular flexibility index (Phi) is 4.37. The van der Waals surface area contributed by atoms with Gasteiger partial charge in [0.1, 0.15) is 5.76 Å². The van der Waals surface area contributed by atoms with Gasteiger partial charge in [0.05, 0.1) is 30.6 Å². The topological polar surface area (TPSA) is 77.2 Å². The summed E-state index contributed by atoms with van der Waals surface area (Å²) in [7, 11) is 0. The number of hydrogen-bond acceptors (Lipinski definition) is 6. The van der Waals surface area contributed by atoms with Crippen molar-refractivity contribution in [1.29, 1.82) is 0 Å². The Bertz CT molecular complexity index is 716. The average molecular weight is 347 g/mol. The molecule has 0 unspecified atom stereocenters. The summed E-state index contributed by atoms with van der Waals surface area (Å²) in [6, 6.07) is 1.93. The van der Waals surface area contributed by atoms with Crippen LogP contribution in [0.3, 0.4) is 0 Å². The molecule has 1 amide bonds. The summed E-state index contributed by atoms with van der Waals surface area (Å²) in [5.74, 6) is 0.964. The Labute approximate surface area is 144 Å². The van der Waals surface area contributed by atoms with E-state index in [1.54, 1.807) is 11.3 Å². The van der Waals surface area contributed by atoms with Gasteiger partial charge in [-0.25, -0.2) is 4.98 Å². The maximum atomic E-state index is 12.6. The first-order valence-electron chi connectivity index (χ1n) is 8.48. The Morgan fingerprint density at radius 2 is 2.25 bits per heavy atom. The lowest BCUT2D eigenvalue weighted by Crippen LogP contribution is -2.40. The molecule has 0 saturated carbocycles. The largest absolute Gasteiger partial charge is 0.379 e. The van der Waals surface area contributed by atoms with Crippen molar-refractivity contribution < 1.29 is 14.1 Å². The third-order valence-electron chi connectivity index (χ3n) is 4.69. The van der Waals surface area contributed by atoms with Crippen molar-refractivity contribution >= 4 is 17.2 Å². The van der Waals surface area contributed by atoms with E-state index in [2.05, 4.69) is 15.5 Å². The third-order valence-corrected chi connectivity index (χ3v) is 5.85. The van der Waals surface area contributed by atoms with Gasteiger partial charge >= 0.3 is 0 Å². The Balaban J connectivity index is 1.41. The molecule has 2 atom stereocenters. The molecular weight excluding hydrogens is 326 g/mol. The van der Waals surface area contributed by atoms with Crippen molar-refractivity contribution in [2.75, 3.05) is 13.2 Å². The second-order valence-corrected chi connectivity index (χ2v) is 7.70. The van der Waals surface area contributed by atoms with Crippen molar-refractivity contribution in [3.8, 4) is 0 Å². The standard InChI is InChI=1S/C17H21N3O3S/c1-10-6-12(23-20-10)7-11-8-22-9-14(11)18-16(21)17-19-13-4-2-3-5-15(13)24-17/h6,11,14H,2-5,7-9H2,1H3,(H,18,21)/t11-,14+/m1/s1. The minimum atomic E-state index is -0.0800. The number of fused-ring (bicyclic) bond motifs is 1. The van der Waals surface area contributed by atoms with Crippen LogP contribution in [0.5, 0.6) is 0 Å². The van der Waals surface area contributed by atoms with E-state index in [9.17, 15) is 4.79 Å². The first-order valence-corrected chi connectivity index (χ1v) is 9.30. The minimum absolute atomic E-state index is 0.0103. The quantitative estimate of drug-likeness (QED) is 0.918. The molecule has 1 aliphatic heterocycles. The highest BCUT2D eigenvalue weighted by molar-refractivity contribution is 7.13. The number of ether oxygens (including phenoxy) is 1. The van der Waals surface area contributed by atoms with Crippen LogP contribution >= 0.6 is 11.3 Å². The summed E-state index contributed by atoms with van der Waals surface area (Å²) < 4.78 is 10.9. The van der Waals surface area contributed by atoms with Crippen LogP contribution < -0.4 is 5.32 Å². The fourth-order valence-corrected chi connectivity index (χ4v) is 4.46. The highest BCUT2D eigenvalue weighted by atomic mass is 32.1. The zero-order chi connectivity index (χ0) is 16.5. The van der Waals surface area contributed by atoms with E-state index in [-0.39, 0.29) is 17.9 Å². The van der Waals surface area contributed by atoms with E-state index in [4.69, 9.17) is 9.26 Å². The molecule has 1 saturated heterocycles. The first kappa shape index (κ1) is 15.8.